The van der Waals surface area contributed by atoms with Crippen molar-refractivity contribution in [2.75, 3.05) is 21.0 Å². The highest BCUT2D eigenvalue weighted by Crippen LogP contribution is 2.37. The van der Waals surface area contributed by atoms with Crippen LogP contribution in [0.5, 0.6) is 23.0 Å². The van der Waals surface area contributed by atoms with Gasteiger partial charge in [-0.1, -0.05) is 0 Å². The van der Waals surface area contributed by atoms with E-state index in [9.17, 15) is 10.0 Å². The average molecular weight is 394 g/mol. The highest BCUT2D eigenvalue weighted by Gasteiger charge is 2.28. The highest BCUT2D eigenvalue weighted by atomic mass is 16.7. The normalized spacial score (nSPS) is 15.1. The number of Topliss-reactive ketones (excluding diaryl/α,β-unsaturated/α-hetero) is 1. The van der Waals surface area contributed by atoms with Gasteiger partial charge in [0.1, 0.15) is 0 Å². The number of rotatable bonds is 3. The molecule has 0 fully saturated rings. The molecule has 2 aliphatic rings. The Bertz CT molecular complexity index is 1240. The molecule has 0 bridgehead atoms. The third-order valence-corrected chi connectivity index (χ3v) is 5.23. The van der Waals surface area contributed by atoms with Crippen molar-refractivity contribution < 1.29 is 28.9 Å². The van der Waals surface area contributed by atoms with E-state index in [-0.39, 0.29) is 12.6 Å². The number of methoxy groups -OCH3 is 2. The molecule has 29 heavy (non-hydrogen) atoms. The molecular formula is C21H18N2O6. The molecular weight excluding hydrogens is 376 g/mol. The molecule has 0 saturated carbocycles. The first-order chi connectivity index (χ1) is 14.1. The summed E-state index contributed by atoms with van der Waals surface area (Å²) < 4.78 is 22.6. The van der Waals surface area contributed by atoms with Gasteiger partial charge in [-0.3, -0.25) is 4.79 Å². The second-order valence-corrected chi connectivity index (χ2v) is 6.78. The van der Waals surface area contributed by atoms with Crippen molar-refractivity contribution >= 4 is 22.4 Å². The van der Waals surface area contributed by atoms with Gasteiger partial charge in [0.25, 0.3) is 0 Å². The van der Waals surface area contributed by atoms with Gasteiger partial charge in [0.05, 0.1) is 42.0 Å². The van der Waals surface area contributed by atoms with E-state index in [4.69, 9.17) is 23.9 Å². The van der Waals surface area contributed by atoms with Crippen molar-refractivity contribution in [3.63, 3.8) is 0 Å². The Morgan fingerprint density at radius 2 is 1.79 bits per heavy atom. The standard InChI is InChI=1S/C21H18N2O6/c1-26-16-6-3-11(7-17(16)27-2)22-21-12-8-18-19(29-10-28-18)9-14(12)23(25)13-4-5-15(24)20(13)21/h3,6-9,25H,4-5,10H2,1-2H3. The zero-order valence-electron chi connectivity index (χ0n) is 15.9. The van der Waals surface area contributed by atoms with E-state index < -0.39 is 0 Å². The van der Waals surface area contributed by atoms with Crippen molar-refractivity contribution in [2.24, 2.45) is 4.99 Å². The summed E-state index contributed by atoms with van der Waals surface area (Å²) in [6, 6.07) is 8.73. The number of pyridine rings is 1. The van der Waals surface area contributed by atoms with E-state index in [0.29, 0.717) is 69.0 Å². The molecule has 2 aromatic carbocycles. The number of ketones is 1. The van der Waals surface area contributed by atoms with Crippen LogP contribution in [0.4, 0.5) is 5.69 Å². The highest BCUT2D eigenvalue weighted by molar-refractivity contribution is 6.03. The van der Waals surface area contributed by atoms with Crippen LogP contribution in [0.2, 0.25) is 0 Å². The van der Waals surface area contributed by atoms with Crippen molar-refractivity contribution in [2.45, 2.75) is 12.8 Å². The Labute approximate surface area is 165 Å². The predicted molar refractivity (Wildman–Crippen MR) is 103 cm³/mol. The summed E-state index contributed by atoms with van der Waals surface area (Å²) in [7, 11) is 3.11. The lowest BCUT2D eigenvalue weighted by atomic mass is 10.1. The number of ether oxygens (including phenoxy) is 4. The summed E-state index contributed by atoms with van der Waals surface area (Å²) in [6.07, 6.45) is 0.775. The smallest absolute Gasteiger partial charge is 0.231 e. The number of benzene rings is 2. The van der Waals surface area contributed by atoms with Crippen LogP contribution in [-0.2, 0) is 6.42 Å². The lowest BCUT2D eigenvalue weighted by Crippen LogP contribution is -2.19. The van der Waals surface area contributed by atoms with E-state index in [1.165, 1.54) is 0 Å². The van der Waals surface area contributed by atoms with Crippen LogP contribution in [0, 0.1) is 0 Å². The summed E-state index contributed by atoms with van der Waals surface area (Å²) >= 11 is 0. The van der Waals surface area contributed by atoms with E-state index in [0.717, 1.165) is 4.73 Å². The molecule has 1 aliphatic carbocycles. The number of carbonyl (C=O) groups excluding carboxylic acids is 1. The molecule has 1 N–H and O–H groups in total. The number of hydrogen-bond acceptors (Lipinski definition) is 7. The van der Waals surface area contributed by atoms with Crippen molar-refractivity contribution in [3.8, 4) is 23.0 Å². The number of hydrogen-bond donors (Lipinski definition) is 1. The third kappa shape index (κ3) is 2.60. The molecule has 148 valence electrons. The zero-order chi connectivity index (χ0) is 20.1. The van der Waals surface area contributed by atoms with Gasteiger partial charge >= 0.3 is 0 Å². The number of aromatic nitrogens is 1. The topological polar surface area (TPSA) is 91.5 Å². The van der Waals surface area contributed by atoms with Crippen LogP contribution in [0.25, 0.3) is 10.9 Å². The van der Waals surface area contributed by atoms with Gasteiger partial charge in [0, 0.05) is 23.9 Å². The van der Waals surface area contributed by atoms with E-state index >= 15 is 0 Å². The second kappa shape index (κ2) is 6.44. The Morgan fingerprint density at radius 1 is 1.03 bits per heavy atom. The van der Waals surface area contributed by atoms with E-state index in [2.05, 4.69) is 0 Å². The third-order valence-electron chi connectivity index (χ3n) is 5.23. The maximum atomic E-state index is 12.6. The minimum absolute atomic E-state index is 0.0541. The van der Waals surface area contributed by atoms with Crippen LogP contribution in [0.1, 0.15) is 22.5 Å². The maximum absolute atomic E-state index is 12.6. The summed E-state index contributed by atoms with van der Waals surface area (Å²) in [5.74, 6) is 2.16. The largest absolute Gasteiger partial charge is 0.493 e. The average Bonchev–Trinajstić information content (AvgIpc) is 3.36. The van der Waals surface area contributed by atoms with Gasteiger partial charge in [-0.15, -0.1) is 0 Å². The van der Waals surface area contributed by atoms with Gasteiger partial charge < -0.3 is 24.2 Å². The summed E-state index contributed by atoms with van der Waals surface area (Å²) in [5, 5.41) is 11.8. The van der Waals surface area contributed by atoms with Gasteiger partial charge in [0.15, 0.2) is 28.8 Å². The first-order valence-corrected chi connectivity index (χ1v) is 9.11. The van der Waals surface area contributed by atoms with Gasteiger partial charge in [-0.2, -0.15) is 4.73 Å². The molecule has 0 spiro atoms. The molecule has 2 heterocycles. The first kappa shape index (κ1) is 17.4. The molecule has 0 unspecified atom stereocenters. The fourth-order valence-corrected chi connectivity index (χ4v) is 3.84. The van der Waals surface area contributed by atoms with Gasteiger partial charge in [0.2, 0.25) is 6.79 Å². The number of carbonyl (C=O) groups is 1. The Kier molecular flexibility index (Phi) is 3.87. The van der Waals surface area contributed by atoms with Crippen LogP contribution in [0.3, 0.4) is 0 Å². The van der Waals surface area contributed by atoms with Gasteiger partial charge in [-0.05, 0) is 24.6 Å². The molecule has 0 radical (unpaired) electrons. The molecule has 8 nitrogen and oxygen atoms in total. The molecule has 0 atom stereocenters. The fourth-order valence-electron chi connectivity index (χ4n) is 3.84. The molecule has 1 aliphatic heterocycles. The second-order valence-electron chi connectivity index (χ2n) is 6.78. The zero-order valence-corrected chi connectivity index (χ0v) is 15.9. The van der Waals surface area contributed by atoms with E-state index in [1.807, 2.05) is 0 Å². The Balaban J connectivity index is 1.85. The van der Waals surface area contributed by atoms with Crippen molar-refractivity contribution in [1.82, 2.24) is 4.73 Å². The summed E-state index contributed by atoms with van der Waals surface area (Å²) in [6.45, 7) is 0.109. The van der Waals surface area contributed by atoms with Crippen LogP contribution in [0.15, 0.2) is 35.3 Å². The monoisotopic (exact) mass is 394 g/mol. The van der Waals surface area contributed by atoms with Crippen molar-refractivity contribution in [1.29, 1.82) is 0 Å². The lowest BCUT2D eigenvalue weighted by molar-refractivity contribution is 0.0993. The minimum Gasteiger partial charge on any atom is -0.493 e. The predicted octanol–water partition coefficient (Wildman–Crippen LogP) is 2.99. The Morgan fingerprint density at radius 3 is 2.55 bits per heavy atom. The SMILES string of the molecule is COc1ccc(N=c2c3c(n(O)c4cc5c(cc24)OCO5)CCC3=O)cc1OC. The number of fused-ring (bicyclic) bond motifs is 3. The van der Waals surface area contributed by atoms with Crippen LogP contribution < -0.4 is 24.3 Å². The number of nitrogens with zero attached hydrogens (tertiary/aromatic N) is 2. The van der Waals surface area contributed by atoms with Gasteiger partial charge in [-0.25, -0.2) is 4.99 Å². The minimum atomic E-state index is -0.0541. The quantitative estimate of drug-likeness (QED) is 0.687. The maximum Gasteiger partial charge on any atom is 0.231 e. The molecule has 0 amide bonds. The molecule has 8 heteroatoms. The molecule has 3 aromatic rings. The summed E-state index contributed by atoms with van der Waals surface area (Å²) in [4.78, 5) is 17.4. The molecule has 1 aromatic heterocycles. The molecule has 0 saturated heterocycles. The van der Waals surface area contributed by atoms with E-state index in [1.54, 1.807) is 44.6 Å². The van der Waals surface area contributed by atoms with Crippen LogP contribution >= 0.6 is 0 Å². The molecule has 5 rings (SSSR count). The van der Waals surface area contributed by atoms with Crippen molar-refractivity contribution in [3.05, 3.63) is 46.9 Å². The lowest BCUT2D eigenvalue weighted by Gasteiger charge is -2.12. The fraction of sp³-hybridized carbons (Fsp3) is 0.238. The Hall–Kier alpha value is -3.68. The van der Waals surface area contributed by atoms with Crippen LogP contribution in [-0.4, -0.2) is 36.7 Å². The first-order valence-electron chi connectivity index (χ1n) is 9.11. The summed E-state index contributed by atoms with van der Waals surface area (Å²) in [5.41, 5.74) is 2.07.